The van der Waals surface area contributed by atoms with Crippen molar-refractivity contribution in [3.05, 3.63) is 11.9 Å². The summed E-state index contributed by atoms with van der Waals surface area (Å²) in [4.78, 5) is 51.3. The van der Waals surface area contributed by atoms with Gasteiger partial charge < -0.3 is 38.4 Å². The van der Waals surface area contributed by atoms with Gasteiger partial charge in [-0.3, -0.25) is 4.79 Å². The van der Waals surface area contributed by atoms with Crippen LogP contribution in [0.3, 0.4) is 0 Å². The lowest BCUT2D eigenvalue weighted by atomic mass is 9.83. The Hall–Kier alpha value is -2.83. The number of hydrogen-bond acceptors (Lipinski definition) is 11. The number of aldehydes is 1. The number of piperazine rings is 1. The van der Waals surface area contributed by atoms with Gasteiger partial charge in [0.1, 0.15) is 24.3 Å². The standard InChI is InChI=1S/C25H41N5O4.C8H12O3.C2H6/c1-7-9-18(2)22(31)23-26-20(16-21(27-23)33-17-19-10-8-11-28(19)6)29-12-14-30(15-13-29)24(32)34-25(3,4)5;9-5-7-3-1-2-4-8(7)10-6-11-8;1-2/h16,18-19H,7-15,17H2,1-6H3;5,7H,1-4,6H2;1-2H3/t;7-;/m.1./s1. The number of ether oxygens (including phenoxy) is 4. The molecule has 0 N–H and O–H groups in total. The molecule has 4 fully saturated rings. The summed E-state index contributed by atoms with van der Waals surface area (Å²) >= 11 is 0. The van der Waals surface area contributed by atoms with Crippen LogP contribution in [0.5, 0.6) is 5.88 Å². The van der Waals surface area contributed by atoms with Gasteiger partial charge >= 0.3 is 6.09 Å². The summed E-state index contributed by atoms with van der Waals surface area (Å²) in [5, 5.41) is 0. The second-order valence-electron chi connectivity index (χ2n) is 13.7. The average molecular weight is 662 g/mol. The number of aromatic nitrogens is 2. The van der Waals surface area contributed by atoms with E-state index in [-0.39, 0.29) is 29.5 Å². The molecular weight excluding hydrogens is 602 g/mol. The Morgan fingerprint density at radius 2 is 1.77 bits per heavy atom. The highest BCUT2D eigenvalue weighted by Crippen LogP contribution is 2.41. The van der Waals surface area contributed by atoms with Gasteiger partial charge in [-0.25, -0.2) is 9.78 Å². The monoisotopic (exact) mass is 661 g/mol. The van der Waals surface area contributed by atoms with Crippen LogP contribution in [-0.4, -0.2) is 109 Å². The summed E-state index contributed by atoms with van der Waals surface area (Å²) in [5.74, 6) is 0.595. The van der Waals surface area contributed by atoms with E-state index in [9.17, 15) is 14.4 Å². The van der Waals surface area contributed by atoms with Crippen molar-refractivity contribution in [3.8, 4) is 5.88 Å². The van der Waals surface area contributed by atoms with E-state index < -0.39 is 11.4 Å². The van der Waals surface area contributed by atoms with E-state index in [0.29, 0.717) is 57.3 Å². The minimum atomic E-state index is -0.523. The number of likely N-dealkylation sites (N-methyl/N-ethyl adjacent to an activating group) is 1. The lowest BCUT2D eigenvalue weighted by molar-refractivity contribution is -0.418. The first kappa shape index (κ1) is 38.6. The number of rotatable bonds is 9. The van der Waals surface area contributed by atoms with Crippen molar-refractivity contribution in [2.75, 3.05) is 58.1 Å². The fourth-order valence-corrected chi connectivity index (χ4v) is 6.24. The highest BCUT2D eigenvalue weighted by molar-refractivity contribution is 5.94. The largest absolute Gasteiger partial charge is 0.476 e. The van der Waals surface area contributed by atoms with Crippen LogP contribution in [0.4, 0.5) is 10.6 Å². The summed E-state index contributed by atoms with van der Waals surface area (Å²) < 4.78 is 22.2. The van der Waals surface area contributed by atoms with E-state index >= 15 is 0 Å². The van der Waals surface area contributed by atoms with Gasteiger partial charge in [-0.05, 0) is 66.5 Å². The molecule has 0 aromatic carbocycles. The van der Waals surface area contributed by atoms with Gasteiger partial charge in [0.05, 0.1) is 5.92 Å². The zero-order valence-corrected chi connectivity index (χ0v) is 30.1. The van der Waals surface area contributed by atoms with E-state index in [1.165, 1.54) is 6.42 Å². The molecule has 47 heavy (non-hydrogen) atoms. The fourth-order valence-electron chi connectivity index (χ4n) is 6.24. The van der Waals surface area contributed by atoms with Crippen molar-refractivity contribution in [1.29, 1.82) is 0 Å². The zero-order chi connectivity index (χ0) is 34.6. The molecule has 1 spiro atoms. The number of carbonyl (C=O) groups excluding carboxylic acids is 3. The number of likely N-dealkylation sites (tertiary alicyclic amines) is 1. The third-order valence-electron chi connectivity index (χ3n) is 9.06. The number of ketones is 1. The van der Waals surface area contributed by atoms with Gasteiger partial charge in [0, 0.05) is 50.6 Å². The molecule has 1 amide bonds. The highest BCUT2D eigenvalue weighted by atomic mass is 16.9. The van der Waals surface area contributed by atoms with E-state index in [4.69, 9.17) is 18.9 Å². The van der Waals surface area contributed by atoms with Crippen LogP contribution in [0, 0.1) is 11.8 Å². The summed E-state index contributed by atoms with van der Waals surface area (Å²) in [6.45, 7) is 17.8. The van der Waals surface area contributed by atoms with Gasteiger partial charge in [0.2, 0.25) is 17.5 Å². The predicted octanol–water partition coefficient (Wildman–Crippen LogP) is 5.73. The van der Waals surface area contributed by atoms with Crippen molar-refractivity contribution in [1.82, 2.24) is 19.8 Å². The normalized spacial score (nSPS) is 23.0. The van der Waals surface area contributed by atoms with Crippen LogP contribution in [0.1, 0.15) is 110 Å². The molecule has 1 aliphatic carbocycles. The second kappa shape index (κ2) is 18.1. The van der Waals surface area contributed by atoms with Gasteiger partial charge in [-0.2, -0.15) is 4.98 Å². The van der Waals surface area contributed by atoms with Crippen molar-refractivity contribution >= 4 is 24.0 Å². The summed E-state index contributed by atoms with van der Waals surface area (Å²) in [5.41, 5.74) is -0.523. The number of nitrogens with zero attached hydrogens (tertiary/aromatic N) is 5. The Kier molecular flexibility index (Phi) is 14.9. The van der Waals surface area contributed by atoms with Gasteiger partial charge in [-0.1, -0.05) is 40.5 Å². The molecule has 0 bridgehead atoms. The molecule has 3 aliphatic heterocycles. The first-order valence-corrected chi connectivity index (χ1v) is 17.7. The molecule has 1 aromatic rings. The van der Waals surface area contributed by atoms with Crippen molar-refractivity contribution in [3.63, 3.8) is 0 Å². The Morgan fingerprint density at radius 1 is 1.06 bits per heavy atom. The number of hydrogen-bond donors (Lipinski definition) is 0. The van der Waals surface area contributed by atoms with E-state index in [0.717, 1.165) is 57.8 Å². The third kappa shape index (κ3) is 10.8. The quantitative estimate of drug-likeness (QED) is 0.238. The topological polar surface area (TPSA) is 124 Å². The SMILES string of the molecule is CC.CCCC(C)C(=O)c1nc(OCC2CCCN2C)cc(N2CCN(C(=O)OC(C)(C)C)CC2)n1.O=C[C@H]1CCCCC12OCO2. The highest BCUT2D eigenvalue weighted by Gasteiger charge is 2.48. The maximum atomic E-state index is 13.0. The van der Waals surface area contributed by atoms with E-state index in [2.05, 4.69) is 33.7 Å². The van der Waals surface area contributed by atoms with Crippen molar-refractivity contribution in [2.24, 2.45) is 11.8 Å². The minimum Gasteiger partial charge on any atom is -0.476 e. The molecule has 5 rings (SSSR count). The first-order chi connectivity index (χ1) is 22.4. The molecule has 1 aromatic heterocycles. The molecule has 12 heteroatoms. The molecule has 4 heterocycles. The maximum Gasteiger partial charge on any atom is 0.410 e. The van der Waals surface area contributed by atoms with Crippen molar-refractivity contribution in [2.45, 2.75) is 117 Å². The molecule has 2 unspecified atom stereocenters. The van der Waals surface area contributed by atoms with Crippen LogP contribution >= 0.6 is 0 Å². The maximum absolute atomic E-state index is 13.0. The molecular formula is C35H59N5O7. The Balaban J connectivity index is 0.000000383. The van der Waals surface area contributed by atoms with Gasteiger partial charge in [-0.15, -0.1) is 0 Å². The van der Waals surface area contributed by atoms with Crippen LogP contribution < -0.4 is 9.64 Å². The smallest absolute Gasteiger partial charge is 0.410 e. The minimum absolute atomic E-state index is 0.0231. The lowest BCUT2D eigenvalue weighted by Crippen LogP contribution is -2.54. The molecule has 266 valence electrons. The number of amides is 1. The molecule has 4 aliphatic rings. The summed E-state index contributed by atoms with van der Waals surface area (Å²) in [6, 6.07) is 2.17. The van der Waals surface area contributed by atoms with Crippen molar-refractivity contribution < 1.29 is 33.3 Å². The molecule has 3 saturated heterocycles. The zero-order valence-electron chi connectivity index (χ0n) is 30.1. The summed E-state index contributed by atoms with van der Waals surface area (Å²) in [7, 11) is 2.11. The predicted molar refractivity (Wildman–Crippen MR) is 181 cm³/mol. The molecule has 3 atom stereocenters. The Labute approximate surface area is 281 Å². The Morgan fingerprint density at radius 3 is 2.30 bits per heavy atom. The first-order valence-electron chi connectivity index (χ1n) is 17.7. The van der Waals surface area contributed by atoms with Crippen LogP contribution in [0.25, 0.3) is 0 Å². The molecule has 0 radical (unpaired) electrons. The molecule has 1 saturated carbocycles. The van der Waals surface area contributed by atoms with E-state index in [1.54, 1.807) is 4.90 Å². The number of Topliss-reactive ketones (excluding diaryl/α,β-unsaturated/α-hetero) is 1. The lowest BCUT2D eigenvalue weighted by Gasteiger charge is -2.47. The number of anilines is 1. The van der Waals surface area contributed by atoms with Crippen LogP contribution in [0.15, 0.2) is 6.07 Å². The molecule has 12 nitrogen and oxygen atoms in total. The average Bonchev–Trinajstić information content (AvgIpc) is 3.47. The Bertz CT molecular complexity index is 1150. The van der Waals surface area contributed by atoms with Gasteiger partial charge in [0.25, 0.3) is 0 Å². The van der Waals surface area contributed by atoms with E-state index in [1.807, 2.05) is 47.6 Å². The van der Waals surface area contributed by atoms with Crippen LogP contribution in [-0.2, 0) is 19.0 Å². The third-order valence-corrected chi connectivity index (χ3v) is 9.06. The number of carbonyl (C=O) groups is 3. The second-order valence-corrected chi connectivity index (χ2v) is 13.7. The summed E-state index contributed by atoms with van der Waals surface area (Å²) in [6.07, 6.45) is 8.70. The fraction of sp³-hybridized carbons (Fsp3) is 0.800. The van der Waals surface area contributed by atoms with Gasteiger partial charge in [0.15, 0.2) is 12.6 Å². The van der Waals surface area contributed by atoms with Crippen LogP contribution in [0.2, 0.25) is 0 Å².